The molecule has 0 aromatic rings. The van der Waals surface area contributed by atoms with E-state index in [9.17, 15) is 4.79 Å². The molecule has 1 atom stereocenters. The molecule has 0 spiro atoms. The number of hydrogen-bond donors (Lipinski definition) is 2. The molecule has 0 aromatic carbocycles. The van der Waals surface area contributed by atoms with E-state index >= 15 is 0 Å². The molecule has 1 saturated heterocycles. The third-order valence-electron chi connectivity index (χ3n) is 2.28. The van der Waals surface area contributed by atoms with Crippen molar-refractivity contribution in [2.45, 2.75) is 52.7 Å². The highest BCUT2D eigenvalue weighted by Crippen LogP contribution is 2.04. The van der Waals surface area contributed by atoms with E-state index in [1.165, 1.54) is 6.42 Å². The van der Waals surface area contributed by atoms with Gasteiger partial charge in [-0.05, 0) is 33.1 Å². The SMILES string of the molecule is CC(C)(C)OC=O.CC(C)C[C@@H]1CNCCN1. The fraction of sp³-hybridized carbons (Fsp3) is 0.923. The summed E-state index contributed by atoms with van der Waals surface area (Å²) < 4.78 is 4.55. The lowest BCUT2D eigenvalue weighted by Gasteiger charge is -2.25. The summed E-state index contributed by atoms with van der Waals surface area (Å²) in [6, 6.07) is 0.716. The summed E-state index contributed by atoms with van der Waals surface area (Å²) in [5.74, 6) is 0.817. The monoisotopic (exact) mass is 244 g/mol. The van der Waals surface area contributed by atoms with Gasteiger partial charge in [-0.25, -0.2) is 0 Å². The van der Waals surface area contributed by atoms with E-state index in [2.05, 4.69) is 29.2 Å². The summed E-state index contributed by atoms with van der Waals surface area (Å²) in [6.07, 6.45) is 1.30. The van der Waals surface area contributed by atoms with Crippen LogP contribution in [0.25, 0.3) is 0 Å². The summed E-state index contributed by atoms with van der Waals surface area (Å²) in [5.41, 5.74) is -0.318. The van der Waals surface area contributed by atoms with Crippen LogP contribution in [0.4, 0.5) is 0 Å². The van der Waals surface area contributed by atoms with Crippen LogP contribution >= 0.6 is 0 Å². The van der Waals surface area contributed by atoms with Gasteiger partial charge < -0.3 is 15.4 Å². The van der Waals surface area contributed by atoms with Crippen LogP contribution in [-0.4, -0.2) is 37.7 Å². The fourth-order valence-corrected chi connectivity index (χ4v) is 1.59. The van der Waals surface area contributed by atoms with Crippen LogP contribution in [0.1, 0.15) is 41.0 Å². The highest BCUT2D eigenvalue weighted by atomic mass is 16.5. The Morgan fingerprint density at radius 3 is 2.29 bits per heavy atom. The maximum atomic E-state index is 9.60. The van der Waals surface area contributed by atoms with Crippen molar-refractivity contribution in [3.05, 3.63) is 0 Å². The van der Waals surface area contributed by atoms with Crippen LogP contribution in [0.15, 0.2) is 0 Å². The summed E-state index contributed by atoms with van der Waals surface area (Å²) in [4.78, 5) is 9.60. The standard InChI is InChI=1S/C8H18N2.C5H10O2/c1-7(2)5-8-6-9-3-4-10-8;1-5(2,3)7-4-6/h7-10H,3-6H2,1-2H3;4H,1-3H3/t8-;/m1./s1. The Labute approximate surface area is 105 Å². The van der Waals surface area contributed by atoms with Crippen LogP contribution in [0.5, 0.6) is 0 Å². The Balaban J connectivity index is 0.000000325. The molecule has 0 bridgehead atoms. The molecule has 2 N–H and O–H groups in total. The van der Waals surface area contributed by atoms with Crippen LogP contribution < -0.4 is 10.6 Å². The lowest BCUT2D eigenvalue weighted by atomic mass is 10.0. The van der Waals surface area contributed by atoms with Crippen molar-refractivity contribution in [1.82, 2.24) is 10.6 Å². The molecule has 17 heavy (non-hydrogen) atoms. The molecule has 4 nitrogen and oxygen atoms in total. The highest BCUT2D eigenvalue weighted by Gasteiger charge is 2.12. The van der Waals surface area contributed by atoms with E-state index in [1.807, 2.05) is 20.8 Å². The smallest absolute Gasteiger partial charge is 0.293 e. The summed E-state index contributed by atoms with van der Waals surface area (Å²) in [7, 11) is 0. The zero-order valence-corrected chi connectivity index (χ0v) is 11.9. The van der Waals surface area contributed by atoms with Gasteiger partial charge in [-0.1, -0.05) is 13.8 Å². The van der Waals surface area contributed by atoms with E-state index in [4.69, 9.17) is 0 Å². The fourth-order valence-electron chi connectivity index (χ4n) is 1.59. The average Bonchev–Trinajstić information content (AvgIpc) is 2.17. The number of rotatable bonds is 3. The normalized spacial score (nSPS) is 20.5. The summed E-state index contributed by atoms with van der Waals surface area (Å²) in [5, 5.41) is 6.87. The Hall–Kier alpha value is -0.610. The van der Waals surface area contributed by atoms with Gasteiger partial charge in [0, 0.05) is 25.7 Å². The molecule has 0 amide bonds. The third kappa shape index (κ3) is 11.6. The Bertz CT molecular complexity index is 194. The number of carbonyl (C=O) groups is 1. The van der Waals surface area contributed by atoms with Gasteiger partial charge in [-0.2, -0.15) is 0 Å². The molecule has 0 radical (unpaired) electrons. The topological polar surface area (TPSA) is 50.4 Å². The van der Waals surface area contributed by atoms with Crippen molar-refractivity contribution in [1.29, 1.82) is 0 Å². The Kier molecular flexibility index (Phi) is 8.17. The molecule has 1 fully saturated rings. The van der Waals surface area contributed by atoms with Gasteiger partial charge in [-0.3, -0.25) is 4.79 Å². The van der Waals surface area contributed by atoms with E-state index in [0.717, 1.165) is 25.6 Å². The minimum Gasteiger partial charge on any atom is -0.462 e. The van der Waals surface area contributed by atoms with Crippen molar-refractivity contribution in [2.75, 3.05) is 19.6 Å². The van der Waals surface area contributed by atoms with Gasteiger partial charge in [0.25, 0.3) is 6.47 Å². The van der Waals surface area contributed by atoms with Gasteiger partial charge in [0.05, 0.1) is 0 Å². The lowest BCUT2D eigenvalue weighted by Crippen LogP contribution is -2.48. The number of nitrogens with one attached hydrogen (secondary N) is 2. The van der Waals surface area contributed by atoms with E-state index in [1.54, 1.807) is 0 Å². The quantitative estimate of drug-likeness (QED) is 0.740. The molecule has 4 heteroatoms. The molecule has 1 rings (SSSR count). The molecule has 0 unspecified atom stereocenters. The van der Waals surface area contributed by atoms with Crippen molar-refractivity contribution >= 4 is 6.47 Å². The average molecular weight is 244 g/mol. The number of carbonyl (C=O) groups excluding carboxylic acids is 1. The molecular formula is C13H28N2O2. The van der Waals surface area contributed by atoms with Gasteiger partial charge in [0.1, 0.15) is 5.60 Å². The number of piperazine rings is 1. The maximum Gasteiger partial charge on any atom is 0.293 e. The molecular weight excluding hydrogens is 216 g/mol. The molecule has 1 aliphatic heterocycles. The van der Waals surface area contributed by atoms with Crippen LogP contribution in [0.3, 0.4) is 0 Å². The first-order valence-corrected chi connectivity index (χ1v) is 6.40. The van der Waals surface area contributed by atoms with Gasteiger partial charge >= 0.3 is 0 Å². The first-order valence-electron chi connectivity index (χ1n) is 6.40. The molecule has 102 valence electrons. The van der Waals surface area contributed by atoms with E-state index < -0.39 is 0 Å². The molecule has 0 saturated carbocycles. The lowest BCUT2D eigenvalue weighted by molar-refractivity contribution is -0.138. The second kappa shape index (κ2) is 8.48. The zero-order valence-electron chi connectivity index (χ0n) is 11.9. The number of hydrogen-bond acceptors (Lipinski definition) is 4. The second-order valence-corrected chi connectivity index (χ2v) is 5.81. The zero-order chi connectivity index (χ0) is 13.3. The van der Waals surface area contributed by atoms with Crippen molar-refractivity contribution in [3.8, 4) is 0 Å². The molecule has 1 aliphatic rings. The van der Waals surface area contributed by atoms with Gasteiger partial charge in [0.15, 0.2) is 0 Å². The first kappa shape index (κ1) is 16.4. The minimum absolute atomic E-state index is 0.318. The number of ether oxygens (including phenoxy) is 1. The van der Waals surface area contributed by atoms with E-state index in [-0.39, 0.29) is 5.60 Å². The minimum atomic E-state index is -0.318. The van der Waals surface area contributed by atoms with E-state index in [0.29, 0.717) is 12.5 Å². The van der Waals surface area contributed by atoms with Crippen molar-refractivity contribution < 1.29 is 9.53 Å². The Morgan fingerprint density at radius 2 is 2.00 bits per heavy atom. The van der Waals surface area contributed by atoms with Gasteiger partial charge in [-0.15, -0.1) is 0 Å². The van der Waals surface area contributed by atoms with Crippen LogP contribution in [0, 0.1) is 5.92 Å². The van der Waals surface area contributed by atoms with Gasteiger partial charge in [0.2, 0.25) is 0 Å². The van der Waals surface area contributed by atoms with Crippen LogP contribution in [0.2, 0.25) is 0 Å². The summed E-state index contributed by atoms with van der Waals surface area (Å²) in [6.45, 7) is 13.9. The van der Waals surface area contributed by atoms with Crippen molar-refractivity contribution in [2.24, 2.45) is 5.92 Å². The Morgan fingerprint density at radius 1 is 1.35 bits per heavy atom. The highest BCUT2D eigenvalue weighted by molar-refractivity contribution is 5.37. The summed E-state index contributed by atoms with van der Waals surface area (Å²) >= 11 is 0. The predicted octanol–water partition coefficient (Wildman–Crippen LogP) is 1.55. The molecule has 0 aromatic heterocycles. The molecule has 1 heterocycles. The largest absolute Gasteiger partial charge is 0.462 e. The third-order valence-corrected chi connectivity index (χ3v) is 2.28. The second-order valence-electron chi connectivity index (χ2n) is 5.81. The molecule has 0 aliphatic carbocycles. The predicted molar refractivity (Wildman–Crippen MR) is 71.0 cm³/mol. The van der Waals surface area contributed by atoms with Crippen molar-refractivity contribution in [3.63, 3.8) is 0 Å². The first-order chi connectivity index (χ1) is 7.85. The van der Waals surface area contributed by atoms with Crippen LogP contribution in [-0.2, 0) is 9.53 Å². The maximum absolute atomic E-state index is 9.60.